The van der Waals surface area contributed by atoms with Crippen molar-refractivity contribution in [3.63, 3.8) is 0 Å². The summed E-state index contributed by atoms with van der Waals surface area (Å²) in [5.74, 6) is 0.900. The van der Waals surface area contributed by atoms with E-state index in [-0.39, 0.29) is 0 Å². The average Bonchev–Trinajstić information content (AvgIpc) is 2.24. The van der Waals surface area contributed by atoms with Crippen molar-refractivity contribution in [2.75, 3.05) is 26.2 Å². The largest absolute Gasteiger partial charge is 0.315 e. The van der Waals surface area contributed by atoms with E-state index in [0.29, 0.717) is 6.04 Å². The van der Waals surface area contributed by atoms with Gasteiger partial charge in [0, 0.05) is 19.1 Å². The van der Waals surface area contributed by atoms with Crippen LogP contribution in [0.4, 0.5) is 0 Å². The second-order valence-corrected chi connectivity index (χ2v) is 5.15. The molecule has 0 aromatic carbocycles. The molecule has 0 spiro atoms. The minimum absolute atomic E-state index is 0.713. The van der Waals surface area contributed by atoms with Crippen molar-refractivity contribution in [1.29, 1.82) is 0 Å². The molecule has 0 aromatic heterocycles. The molecule has 2 atom stereocenters. The molecule has 1 N–H and O–H groups in total. The van der Waals surface area contributed by atoms with E-state index >= 15 is 0 Å². The van der Waals surface area contributed by atoms with Crippen molar-refractivity contribution in [2.45, 2.75) is 52.5 Å². The number of unbranched alkanes of at least 4 members (excludes halogenated alkanes) is 1. The Kier molecular flexibility index (Phi) is 6.26. The molecule has 2 heteroatoms. The van der Waals surface area contributed by atoms with Gasteiger partial charge in [0.25, 0.3) is 0 Å². The fraction of sp³-hybridized carbons (Fsp3) is 1.00. The van der Waals surface area contributed by atoms with E-state index in [2.05, 4.69) is 31.0 Å². The molecule has 0 amide bonds. The molecule has 90 valence electrons. The highest BCUT2D eigenvalue weighted by atomic mass is 15.2. The summed E-state index contributed by atoms with van der Waals surface area (Å²) < 4.78 is 0. The number of likely N-dealkylation sites (tertiary alicyclic amines) is 1. The SMILES string of the molecule is CCCCNCC(C)N1CCCC(C)C1. The van der Waals surface area contributed by atoms with E-state index < -0.39 is 0 Å². The van der Waals surface area contributed by atoms with Crippen molar-refractivity contribution < 1.29 is 0 Å². The normalized spacial score (nSPS) is 25.4. The van der Waals surface area contributed by atoms with Crippen LogP contribution in [0.5, 0.6) is 0 Å². The van der Waals surface area contributed by atoms with Crippen LogP contribution in [0, 0.1) is 5.92 Å². The molecule has 2 nitrogen and oxygen atoms in total. The molecule has 1 rings (SSSR count). The highest BCUT2D eigenvalue weighted by Crippen LogP contribution is 2.17. The monoisotopic (exact) mass is 212 g/mol. The van der Waals surface area contributed by atoms with Gasteiger partial charge in [0.2, 0.25) is 0 Å². The lowest BCUT2D eigenvalue weighted by Crippen LogP contribution is -2.45. The predicted octanol–water partition coefficient (Wildman–Crippen LogP) is 2.50. The van der Waals surface area contributed by atoms with E-state index in [9.17, 15) is 0 Å². The Morgan fingerprint density at radius 2 is 2.27 bits per heavy atom. The molecule has 0 bridgehead atoms. The summed E-state index contributed by atoms with van der Waals surface area (Å²) in [5, 5.41) is 3.56. The smallest absolute Gasteiger partial charge is 0.0192 e. The quantitative estimate of drug-likeness (QED) is 0.681. The maximum absolute atomic E-state index is 3.56. The zero-order valence-electron chi connectivity index (χ0n) is 10.8. The molecular weight excluding hydrogens is 184 g/mol. The van der Waals surface area contributed by atoms with Gasteiger partial charge < -0.3 is 5.32 Å². The number of piperidine rings is 1. The summed E-state index contributed by atoms with van der Waals surface area (Å²) in [6.45, 7) is 11.9. The molecule has 0 radical (unpaired) electrons. The highest BCUT2D eigenvalue weighted by Gasteiger charge is 2.20. The van der Waals surface area contributed by atoms with Gasteiger partial charge in [0.1, 0.15) is 0 Å². The molecule has 2 unspecified atom stereocenters. The molecule has 15 heavy (non-hydrogen) atoms. The topological polar surface area (TPSA) is 15.3 Å². The Morgan fingerprint density at radius 3 is 2.93 bits per heavy atom. The van der Waals surface area contributed by atoms with E-state index in [1.807, 2.05) is 0 Å². The Bertz CT molecular complexity index is 159. The van der Waals surface area contributed by atoms with E-state index in [4.69, 9.17) is 0 Å². The van der Waals surface area contributed by atoms with Gasteiger partial charge in [-0.3, -0.25) is 4.90 Å². The first-order valence-corrected chi connectivity index (χ1v) is 6.68. The van der Waals surface area contributed by atoms with E-state index in [0.717, 1.165) is 12.5 Å². The standard InChI is InChI=1S/C13H28N2/c1-4-5-8-14-10-13(3)15-9-6-7-12(2)11-15/h12-14H,4-11H2,1-3H3. The van der Waals surface area contributed by atoms with E-state index in [1.165, 1.54) is 45.3 Å². The van der Waals surface area contributed by atoms with Gasteiger partial charge >= 0.3 is 0 Å². The average molecular weight is 212 g/mol. The lowest BCUT2D eigenvalue weighted by molar-refractivity contribution is 0.137. The van der Waals surface area contributed by atoms with Crippen LogP contribution >= 0.6 is 0 Å². The Hall–Kier alpha value is -0.0800. The molecule has 1 saturated heterocycles. The Labute approximate surface area is 95.4 Å². The molecule has 0 aromatic rings. The number of nitrogens with zero attached hydrogens (tertiary/aromatic N) is 1. The van der Waals surface area contributed by atoms with Gasteiger partial charge in [-0.25, -0.2) is 0 Å². The van der Waals surface area contributed by atoms with Crippen molar-refractivity contribution in [3.05, 3.63) is 0 Å². The van der Waals surface area contributed by atoms with Crippen LogP contribution in [0.2, 0.25) is 0 Å². The zero-order chi connectivity index (χ0) is 11.1. The summed E-state index contributed by atoms with van der Waals surface area (Å²) in [4.78, 5) is 2.65. The first-order valence-electron chi connectivity index (χ1n) is 6.68. The van der Waals surface area contributed by atoms with Gasteiger partial charge in [-0.2, -0.15) is 0 Å². The second kappa shape index (κ2) is 7.24. The molecule has 1 aliphatic rings. The maximum atomic E-state index is 3.56. The molecule has 1 aliphatic heterocycles. The van der Waals surface area contributed by atoms with Gasteiger partial charge in [-0.15, -0.1) is 0 Å². The zero-order valence-corrected chi connectivity index (χ0v) is 10.8. The Balaban J connectivity index is 2.12. The van der Waals surface area contributed by atoms with Crippen molar-refractivity contribution in [1.82, 2.24) is 10.2 Å². The minimum atomic E-state index is 0.713. The fourth-order valence-electron chi connectivity index (χ4n) is 2.37. The maximum Gasteiger partial charge on any atom is 0.0192 e. The Morgan fingerprint density at radius 1 is 1.47 bits per heavy atom. The molecule has 0 aliphatic carbocycles. The third kappa shape index (κ3) is 4.98. The van der Waals surface area contributed by atoms with Gasteiger partial charge in [-0.1, -0.05) is 20.3 Å². The van der Waals surface area contributed by atoms with Crippen LogP contribution in [0.25, 0.3) is 0 Å². The third-order valence-corrected chi connectivity index (χ3v) is 3.46. The second-order valence-electron chi connectivity index (χ2n) is 5.15. The third-order valence-electron chi connectivity index (χ3n) is 3.46. The minimum Gasteiger partial charge on any atom is -0.315 e. The first-order chi connectivity index (χ1) is 7.24. The van der Waals surface area contributed by atoms with Crippen molar-refractivity contribution in [2.24, 2.45) is 5.92 Å². The first kappa shape index (κ1) is 13.0. The summed E-state index contributed by atoms with van der Waals surface area (Å²) >= 11 is 0. The van der Waals surface area contributed by atoms with E-state index in [1.54, 1.807) is 0 Å². The van der Waals surface area contributed by atoms with Crippen LogP contribution in [0.15, 0.2) is 0 Å². The number of hydrogen-bond donors (Lipinski definition) is 1. The van der Waals surface area contributed by atoms with Crippen LogP contribution in [-0.2, 0) is 0 Å². The van der Waals surface area contributed by atoms with Gasteiger partial charge in [0.15, 0.2) is 0 Å². The summed E-state index contributed by atoms with van der Waals surface area (Å²) in [6, 6.07) is 0.713. The summed E-state index contributed by atoms with van der Waals surface area (Å²) in [5.41, 5.74) is 0. The molecular formula is C13H28N2. The molecule has 0 saturated carbocycles. The van der Waals surface area contributed by atoms with Crippen LogP contribution in [-0.4, -0.2) is 37.1 Å². The van der Waals surface area contributed by atoms with Crippen LogP contribution < -0.4 is 5.32 Å². The fourth-order valence-corrected chi connectivity index (χ4v) is 2.37. The molecule has 1 heterocycles. The predicted molar refractivity (Wildman–Crippen MR) is 67.2 cm³/mol. The van der Waals surface area contributed by atoms with Crippen molar-refractivity contribution >= 4 is 0 Å². The summed E-state index contributed by atoms with van der Waals surface area (Å²) in [7, 11) is 0. The lowest BCUT2D eigenvalue weighted by atomic mass is 9.99. The van der Waals surface area contributed by atoms with Crippen molar-refractivity contribution in [3.8, 4) is 0 Å². The van der Waals surface area contributed by atoms with Crippen LogP contribution in [0.3, 0.4) is 0 Å². The molecule has 1 fully saturated rings. The number of hydrogen-bond acceptors (Lipinski definition) is 2. The summed E-state index contributed by atoms with van der Waals surface area (Å²) in [6.07, 6.45) is 5.41. The number of nitrogens with one attached hydrogen (secondary N) is 1. The highest BCUT2D eigenvalue weighted by molar-refractivity contribution is 4.76. The van der Waals surface area contributed by atoms with Crippen LogP contribution in [0.1, 0.15) is 46.5 Å². The van der Waals surface area contributed by atoms with Gasteiger partial charge in [0.05, 0.1) is 0 Å². The number of rotatable bonds is 6. The lowest BCUT2D eigenvalue weighted by Gasteiger charge is -2.35. The van der Waals surface area contributed by atoms with Gasteiger partial charge in [-0.05, 0) is 45.2 Å².